The smallest absolute Gasteiger partial charge is 0.217 e. The second-order valence-corrected chi connectivity index (χ2v) is 7.05. The van der Waals surface area contributed by atoms with Gasteiger partial charge >= 0.3 is 0 Å². The van der Waals surface area contributed by atoms with Crippen molar-refractivity contribution in [2.45, 2.75) is 19.9 Å². The number of benzene rings is 1. The highest BCUT2D eigenvalue weighted by molar-refractivity contribution is 7.21. The first kappa shape index (κ1) is 15.7. The third-order valence-electron chi connectivity index (χ3n) is 4.16. The van der Waals surface area contributed by atoms with Crippen LogP contribution in [0.2, 0.25) is 0 Å². The summed E-state index contributed by atoms with van der Waals surface area (Å²) in [6, 6.07) is 8.05. The minimum absolute atomic E-state index is 0.0410. The molecule has 1 N–H and O–H groups in total. The van der Waals surface area contributed by atoms with Gasteiger partial charge in [0.1, 0.15) is 20.9 Å². The standard InChI is InChI=1S/C18H17N5OS/c1-10(21-11(2)24)12-5-4-6-13(7-12)17-22-15-16-14(20-9-23(16)3)8-19-18(15)25-17/h4-10H,1-3H3,(H,21,24)/t10-/m0/s1. The molecule has 0 spiro atoms. The predicted molar refractivity (Wildman–Crippen MR) is 99.4 cm³/mol. The average Bonchev–Trinajstić information content (AvgIpc) is 3.18. The lowest BCUT2D eigenvalue weighted by Gasteiger charge is -2.13. The van der Waals surface area contributed by atoms with Crippen LogP contribution in [-0.4, -0.2) is 25.4 Å². The molecule has 1 atom stereocenters. The molecule has 0 aliphatic heterocycles. The molecule has 4 rings (SSSR count). The normalized spacial score (nSPS) is 12.6. The van der Waals surface area contributed by atoms with E-state index < -0.39 is 0 Å². The number of amides is 1. The molecule has 0 saturated carbocycles. The van der Waals surface area contributed by atoms with Gasteiger partial charge in [-0.25, -0.2) is 15.0 Å². The quantitative estimate of drug-likeness (QED) is 0.614. The van der Waals surface area contributed by atoms with Crippen molar-refractivity contribution in [1.82, 2.24) is 24.8 Å². The van der Waals surface area contributed by atoms with E-state index in [0.29, 0.717) is 0 Å². The summed E-state index contributed by atoms with van der Waals surface area (Å²) in [4.78, 5) is 25.8. The monoisotopic (exact) mass is 351 g/mol. The Hall–Kier alpha value is -2.80. The predicted octanol–water partition coefficient (Wildman–Crippen LogP) is 3.44. The molecule has 1 amide bonds. The van der Waals surface area contributed by atoms with Crippen molar-refractivity contribution in [2.75, 3.05) is 0 Å². The first-order valence-corrected chi connectivity index (χ1v) is 8.78. The van der Waals surface area contributed by atoms with Crippen molar-refractivity contribution < 1.29 is 4.79 Å². The number of fused-ring (bicyclic) bond motifs is 3. The summed E-state index contributed by atoms with van der Waals surface area (Å²) in [6.45, 7) is 3.50. The van der Waals surface area contributed by atoms with E-state index in [4.69, 9.17) is 4.98 Å². The molecule has 0 unspecified atom stereocenters. The number of pyridine rings is 1. The summed E-state index contributed by atoms with van der Waals surface area (Å²) < 4.78 is 1.97. The molecule has 0 aliphatic rings. The molecule has 126 valence electrons. The Morgan fingerprint density at radius 3 is 2.96 bits per heavy atom. The number of carbonyl (C=O) groups is 1. The maximum atomic E-state index is 11.3. The molecular formula is C18H17N5OS. The van der Waals surface area contributed by atoms with E-state index in [0.717, 1.165) is 37.5 Å². The molecule has 6 nitrogen and oxygen atoms in total. The number of aromatic nitrogens is 4. The zero-order valence-corrected chi connectivity index (χ0v) is 15.0. The maximum absolute atomic E-state index is 11.3. The van der Waals surface area contributed by atoms with Crippen LogP contribution in [-0.2, 0) is 11.8 Å². The molecule has 1 aromatic carbocycles. The van der Waals surface area contributed by atoms with Gasteiger partial charge in [-0.15, -0.1) is 0 Å². The Labute approximate surface area is 148 Å². The summed E-state index contributed by atoms with van der Waals surface area (Å²) in [7, 11) is 1.96. The van der Waals surface area contributed by atoms with E-state index >= 15 is 0 Å². The van der Waals surface area contributed by atoms with Crippen LogP contribution >= 0.6 is 11.3 Å². The Bertz CT molecular complexity index is 1100. The lowest BCUT2D eigenvalue weighted by molar-refractivity contribution is -0.119. The van der Waals surface area contributed by atoms with Gasteiger partial charge in [-0.1, -0.05) is 29.5 Å². The van der Waals surface area contributed by atoms with Gasteiger partial charge in [0, 0.05) is 19.5 Å². The second kappa shape index (κ2) is 5.93. The molecule has 25 heavy (non-hydrogen) atoms. The number of hydrogen-bond acceptors (Lipinski definition) is 5. The molecule has 4 aromatic rings. The van der Waals surface area contributed by atoms with Gasteiger partial charge < -0.3 is 9.88 Å². The van der Waals surface area contributed by atoms with Crippen molar-refractivity contribution in [3.63, 3.8) is 0 Å². The van der Waals surface area contributed by atoms with E-state index in [-0.39, 0.29) is 11.9 Å². The van der Waals surface area contributed by atoms with Crippen LogP contribution in [0.5, 0.6) is 0 Å². The van der Waals surface area contributed by atoms with E-state index in [1.165, 1.54) is 6.92 Å². The summed E-state index contributed by atoms with van der Waals surface area (Å²) in [5.41, 5.74) is 4.78. The fourth-order valence-electron chi connectivity index (χ4n) is 2.96. The molecule has 0 fully saturated rings. The Morgan fingerprint density at radius 2 is 2.16 bits per heavy atom. The Balaban J connectivity index is 1.81. The van der Waals surface area contributed by atoms with Crippen LogP contribution in [0, 0.1) is 0 Å². The van der Waals surface area contributed by atoms with Crippen LogP contribution in [0.3, 0.4) is 0 Å². The highest BCUT2D eigenvalue weighted by atomic mass is 32.1. The first-order valence-electron chi connectivity index (χ1n) is 7.97. The molecule has 0 saturated heterocycles. The third kappa shape index (κ3) is 2.76. The Morgan fingerprint density at radius 1 is 1.32 bits per heavy atom. The van der Waals surface area contributed by atoms with Crippen LogP contribution in [0.1, 0.15) is 25.5 Å². The lowest BCUT2D eigenvalue weighted by Crippen LogP contribution is -2.23. The number of thiazole rings is 1. The number of nitrogens with zero attached hydrogens (tertiary/aromatic N) is 4. The fourth-order valence-corrected chi connectivity index (χ4v) is 3.87. The van der Waals surface area contributed by atoms with Crippen LogP contribution in [0.25, 0.3) is 32.0 Å². The average molecular weight is 351 g/mol. The summed E-state index contributed by atoms with van der Waals surface area (Å²) in [6.07, 6.45) is 3.56. The lowest BCUT2D eigenvalue weighted by atomic mass is 10.1. The topological polar surface area (TPSA) is 72.7 Å². The third-order valence-corrected chi connectivity index (χ3v) is 5.17. The number of nitrogens with one attached hydrogen (secondary N) is 1. The SMILES string of the molecule is CC(=O)N[C@@H](C)c1cccc(-c2nc3c(ncc4ncn(C)c43)s2)c1. The molecule has 3 aromatic heterocycles. The van der Waals surface area contributed by atoms with Gasteiger partial charge in [-0.3, -0.25) is 4.79 Å². The first-order chi connectivity index (χ1) is 12.0. The van der Waals surface area contributed by atoms with E-state index in [1.54, 1.807) is 23.9 Å². The van der Waals surface area contributed by atoms with Crippen molar-refractivity contribution >= 4 is 38.6 Å². The Kier molecular flexibility index (Phi) is 3.73. The van der Waals surface area contributed by atoms with E-state index in [2.05, 4.69) is 21.4 Å². The minimum Gasteiger partial charge on any atom is -0.350 e. The number of imidazole rings is 1. The van der Waals surface area contributed by atoms with Gasteiger partial charge in [0.2, 0.25) is 5.91 Å². The van der Waals surface area contributed by atoms with E-state index in [1.807, 2.05) is 36.7 Å². The fraction of sp³-hybridized carbons (Fsp3) is 0.222. The molecule has 0 bridgehead atoms. The van der Waals surface area contributed by atoms with Crippen molar-refractivity contribution in [2.24, 2.45) is 7.05 Å². The molecule has 0 radical (unpaired) electrons. The number of carbonyl (C=O) groups excluding carboxylic acids is 1. The number of aryl methyl sites for hydroxylation is 1. The maximum Gasteiger partial charge on any atom is 0.217 e. The zero-order chi connectivity index (χ0) is 17.6. The molecule has 0 aliphatic carbocycles. The molecular weight excluding hydrogens is 334 g/mol. The molecule has 3 heterocycles. The molecule has 7 heteroatoms. The van der Waals surface area contributed by atoms with Crippen LogP contribution in [0.4, 0.5) is 0 Å². The van der Waals surface area contributed by atoms with E-state index in [9.17, 15) is 4.79 Å². The largest absolute Gasteiger partial charge is 0.350 e. The van der Waals surface area contributed by atoms with Crippen molar-refractivity contribution in [1.29, 1.82) is 0 Å². The van der Waals surface area contributed by atoms with Crippen molar-refractivity contribution in [3.05, 3.63) is 42.4 Å². The number of hydrogen-bond donors (Lipinski definition) is 1. The highest BCUT2D eigenvalue weighted by Crippen LogP contribution is 2.33. The van der Waals surface area contributed by atoms with Gasteiger partial charge in [0.25, 0.3) is 0 Å². The minimum atomic E-state index is -0.0475. The summed E-state index contributed by atoms with van der Waals surface area (Å²) in [5, 5.41) is 3.82. The van der Waals surface area contributed by atoms with Crippen LogP contribution in [0.15, 0.2) is 36.8 Å². The van der Waals surface area contributed by atoms with Gasteiger partial charge in [-0.2, -0.15) is 0 Å². The summed E-state index contributed by atoms with van der Waals surface area (Å²) >= 11 is 1.56. The van der Waals surface area contributed by atoms with Gasteiger partial charge in [0.05, 0.1) is 24.1 Å². The van der Waals surface area contributed by atoms with Crippen molar-refractivity contribution in [3.8, 4) is 10.6 Å². The highest BCUT2D eigenvalue weighted by Gasteiger charge is 2.14. The second-order valence-electron chi connectivity index (χ2n) is 6.07. The van der Waals surface area contributed by atoms with Gasteiger partial charge in [-0.05, 0) is 18.6 Å². The zero-order valence-electron chi connectivity index (χ0n) is 14.1. The van der Waals surface area contributed by atoms with Gasteiger partial charge in [0.15, 0.2) is 0 Å². The number of rotatable bonds is 3. The van der Waals surface area contributed by atoms with Crippen LogP contribution < -0.4 is 5.32 Å². The summed E-state index contributed by atoms with van der Waals surface area (Å²) in [5.74, 6) is -0.0410.